The maximum Gasteiger partial charge on any atom is 0.211 e. The minimum absolute atomic E-state index is 0.412. The topological polar surface area (TPSA) is 55.9 Å². The molecular weight excluding hydrogens is 312 g/mol. The molecule has 3 fully saturated rings. The lowest BCUT2D eigenvalue weighted by molar-refractivity contribution is 0.143. The Kier molecular flexibility index (Phi) is 5.33. The van der Waals surface area contributed by atoms with Crippen LogP contribution in [-0.2, 0) is 10.0 Å². The number of nitrogens with zero attached hydrogens (tertiary/aromatic N) is 3. The zero-order valence-corrected chi connectivity index (χ0v) is 15.4. The molecule has 3 aliphatic rings. The van der Waals surface area contributed by atoms with Crippen LogP contribution in [0.4, 0.5) is 0 Å². The van der Waals surface area contributed by atoms with Gasteiger partial charge in [-0.1, -0.05) is 12.8 Å². The van der Waals surface area contributed by atoms with Gasteiger partial charge in [0.15, 0.2) is 0 Å². The molecule has 7 heteroatoms. The molecule has 2 heterocycles. The van der Waals surface area contributed by atoms with Gasteiger partial charge in [-0.05, 0) is 32.9 Å². The van der Waals surface area contributed by atoms with Crippen LogP contribution in [-0.4, -0.2) is 93.2 Å². The largest absolute Gasteiger partial charge is 0.311 e. The predicted octanol–water partition coefficient (Wildman–Crippen LogP) is 0.170. The molecular formula is C16H32N4O2S. The Morgan fingerprint density at radius 1 is 1.09 bits per heavy atom. The normalized spacial score (nSPS) is 30.4. The molecule has 23 heavy (non-hydrogen) atoms. The summed E-state index contributed by atoms with van der Waals surface area (Å²) in [6.45, 7) is 6.22. The van der Waals surface area contributed by atoms with E-state index in [1.807, 2.05) is 0 Å². The Bertz CT molecular complexity index is 496. The standard InChI is InChI=1S/C16H32N4O2S/c1-18-9-5-15(16(18)6-3-4-7-16)17-8-10-19-11-13-20(14-12-19)23(2,21)22/h15,17H,3-14H2,1-2H3. The van der Waals surface area contributed by atoms with E-state index < -0.39 is 10.0 Å². The molecule has 1 N–H and O–H groups in total. The Morgan fingerprint density at radius 3 is 2.35 bits per heavy atom. The summed E-state index contributed by atoms with van der Waals surface area (Å²) in [7, 11) is -0.730. The van der Waals surface area contributed by atoms with Crippen molar-refractivity contribution in [2.45, 2.75) is 43.7 Å². The molecule has 134 valence electrons. The van der Waals surface area contributed by atoms with E-state index in [0.717, 1.165) is 26.2 Å². The highest BCUT2D eigenvalue weighted by Crippen LogP contribution is 2.42. The number of likely N-dealkylation sites (tertiary alicyclic amines) is 1. The van der Waals surface area contributed by atoms with Gasteiger partial charge >= 0.3 is 0 Å². The highest BCUT2D eigenvalue weighted by atomic mass is 32.2. The summed E-state index contributed by atoms with van der Waals surface area (Å²) >= 11 is 0. The van der Waals surface area contributed by atoms with Gasteiger partial charge in [0.25, 0.3) is 0 Å². The third-order valence-corrected chi connectivity index (χ3v) is 7.55. The molecule has 1 atom stereocenters. The Labute approximate surface area is 141 Å². The molecule has 0 aromatic rings. The first-order valence-corrected chi connectivity index (χ1v) is 10.9. The summed E-state index contributed by atoms with van der Waals surface area (Å²) in [5.41, 5.74) is 0.412. The quantitative estimate of drug-likeness (QED) is 0.771. The Balaban J connectivity index is 1.42. The first kappa shape index (κ1) is 17.6. The minimum Gasteiger partial charge on any atom is -0.311 e. The van der Waals surface area contributed by atoms with Gasteiger partial charge in [-0.15, -0.1) is 0 Å². The Morgan fingerprint density at radius 2 is 1.74 bits per heavy atom. The second kappa shape index (κ2) is 6.96. The molecule has 1 unspecified atom stereocenters. The van der Waals surface area contributed by atoms with E-state index in [2.05, 4.69) is 22.2 Å². The van der Waals surface area contributed by atoms with Crippen LogP contribution in [0.3, 0.4) is 0 Å². The zero-order valence-electron chi connectivity index (χ0n) is 14.6. The van der Waals surface area contributed by atoms with Crippen LogP contribution >= 0.6 is 0 Å². The van der Waals surface area contributed by atoms with Crippen LogP contribution in [0.1, 0.15) is 32.1 Å². The predicted molar refractivity (Wildman–Crippen MR) is 93.1 cm³/mol. The molecule has 0 aromatic carbocycles. The maximum atomic E-state index is 11.5. The second-order valence-corrected chi connectivity index (χ2v) is 9.51. The summed E-state index contributed by atoms with van der Waals surface area (Å²) in [5.74, 6) is 0. The highest BCUT2D eigenvalue weighted by molar-refractivity contribution is 7.88. The van der Waals surface area contributed by atoms with Crippen LogP contribution in [0.25, 0.3) is 0 Å². The van der Waals surface area contributed by atoms with E-state index in [4.69, 9.17) is 0 Å². The van der Waals surface area contributed by atoms with Crippen molar-refractivity contribution in [2.24, 2.45) is 0 Å². The van der Waals surface area contributed by atoms with E-state index in [-0.39, 0.29) is 0 Å². The van der Waals surface area contributed by atoms with E-state index in [0.29, 0.717) is 24.7 Å². The van der Waals surface area contributed by atoms with Gasteiger partial charge in [-0.25, -0.2) is 8.42 Å². The lowest BCUT2D eigenvalue weighted by Gasteiger charge is -2.38. The molecule has 1 saturated carbocycles. The van der Waals surface area contributed by atoms with Crippen molar-refractivity contribution in [1.29, 1.82) is 0 Å². The molecule has 2 saturated heterocycles. The number of hydrogen-bond acceptors (Lipinski definition) is 5. The Hall–Kier alpha value is -0.210. The van der Waals surface area contributed by atoms with Crippen LogP contribution in [0, 0.1) is 0 Å². The van der Waals surface area contributed by atoms with Gasteiger partial charge in [0.05, 0.1) is 6.26 Å². The van der Waals surface area contributed by atoms with Crippen molar-refractivity contribution in [1.82, 2.24) is 19.4 Å². The fourth-order valence-electron chi connectivity index (χ4n) is 4.77. The van der Waals surface area contributed by atoms with Crippen LogP contribution < -0.4 is 5.32 Å². The third-order valence-electron chi connectivity index (χ3n) is 6.25. The number of hydrogen-bond donors (Lipinski definition) is 1. The third kappa shape index (κ3) is 3.74. The summed E-state index contributed by atoms with van der Waals surface area (Å²) in [6, 6.07) is 0.632. The van der Waals surface area contributed by atoms with E-state index in [9.17, 15) is 8.42 Å². The van der Waals surface area contributed by atoms with Gasteiger partial charge in [-0.2, -0.15) is 4.31 Å². The smallest absolute Gasteiger partial charge is 0.211 e. The highest BCUT2D eigenvalue weighted by Gasteiger charge is 2.48. The van der Waals surface area contributed by atoms with Gasteiger partial charge in [0, 0.05) is 50.8 Å². The number of sulfonamides is 1. The van der Waals surface area contributed by atoms with Gasteiger partial charge in [-0.3, -0.25) is 9.80 Å². The lowest BCUT2D eigenvalue weighted by atomic mass is 9.89. The van der Waals surface area contributed by atoms with Crippen molar-refractivity contribution >= 4 is 10.0 Å². The average molecular weight is 345 g/mol. The minimum atomic E-state index is -3.02. The van der Waals surface area contributed by atoms with Crippen molar-refractivity contribution in [2.75, 3.05) is 59.1 Å². The molecule has 0 radical (unpaired) electrons. The van der Waals surface area contributed by atoms with Gasteiger partial charge < -0.3 is 5.32 Å². The molecule has 6 nitrogen and oxygen atoms in total. The average Bonchev–Trinajstić information content (AvgIpc) is 3.11. The lowest BCUT2D eigenvalue weighted by Crippen LogP contribution is -2.54. The first-order chi connectivity index (χ1) is 10.9. The van der Waals surface area contributed by atoms with Gasteiger partial charge in [0.2, 0.25) is 10.0 Å². The summed E-state index contributed by atoms with van der Waals surface area (Å²) in [4.78, 5) is 4.97. The van der Waals surface area contributed by atoms with Crippen molar-refractivity contribution < 1.29 is 8.42 Å². The van der Waals surface area contributed by atoms with Gasteiger partial charge in [0.1, 0.15) is 0 Å². The van der Waals surface area contributed by atoms with Crippen molar-refractivity contribution in [3.05, 3.63) is 0 Å². The van der Waals surface area contributed by atoms with Crippen LogP contribution in [0.15, 0.2) is 0 Å². The van der Waals surface area contributed by atoms with Crippen molar-refractivity contribution in [3.8, 4) is 0 Å². The molecule has 0 amide bonds. The fourth-order valence-corrected chi connectivity index (χ4v) is 5.60. The monoisotopic (exact) mass is 344 g/mol. The molecule has 1 aliphatic carbocycles. The summed E-state index contributed by atoms with van der Waals surface area (Å²) in [6.07, 6.45) is 7.99. The molecule has 1 spiro atoms. The summed E-state index contributed by atoms with van der Waals surface area (Å²) < 4.78 is 24.7. The van der Waals surface area contributed by atoms with E-state index >= 15 is 0 Å². The number of nitrogens with one attached hydrogen (secondary N) is 1. The molecule has 0 aromatic heterocycles. The molecule has 0 bridgehead atoms. The molecule has 2 aliphatic heterocycles. The zero-order chi connectivity index (χ0) is 16.5. The summed E-state index contributed by atoms with van der Waals surface area (Å²) in [5, 5.41) is 3.82. The first-order valence-electron chi connectivity index (χ1n) is 9.04. The van der Waals surface area contributed by atoms with Crippen LogP contribution in [0.5, 0.6) is 0 Å². The maximum absolute atomic E-state index is 11.5. The second-order valence-electron chi connectivity index (χ2n) is 7.53. The number of rotatable bonds is 5. The fraction of sp³-hybridized carbons (Fsp3) is 1.00. The van der Waals surface area contributed by atoms with Crippen LogP contribution in [0.2, 0.25) is 0 Å². The van der Waals surface area contributed by atoms with Crippen molar-refractivity contribution in [3.63, 3.8) is 0 Å². The number of likely N-dealkylation sites (N-methyl/N-ethyl adjacent to an activating group) is 1. The van der Waals surface area contributed by atoms with E-state index in [1.165, 1.54) is 44.9 Å². The van der Waals surface area contributed by atoms with E-state index in [1.54, 1.807) is 4.31 Å². The molecule has 3 rings (SSSR count). The SMILES string of the molecule is CN1CCC(NCCN2CCN(S(C)(=O)=O)CC2)C12CCCC2. The number of piperazine rings is 1.